The molecule has 0 fully saturated rings. The molecule has 2 rings (SSSR count). The third kappa shape index (κ3) is 4.92. The van der Waals surface area contributed by atoms with E-state index in [-0.39, 0.29) is 5.82 Å². The number of halogens is 4. The fourth-order valence-electron chi connectivity index (χ4n) is 2.48. The normalized spacial score (nSPS) is 16.2. The van der Waals surface area contributed by atoms with Gasteiger partial charge in [0.15, 0.2) is 0 Å². The second-order valence-electron chi connectivity index (χ2n) is 5.60. The SMILES string of the molecule is C[C@@H](C(=O)NC(=O)NCC(F)(F)F)N1CCc2ccc(F)cc2C1. The lowest BCUT2D eigenvalue weighted by Gasteiger charge is -2.32. The van der Waals surface area contributed by atoms with Gasteiger partial charge in [-0.1, -0.05) is 6.07 Å². The Labute approximate surface area is 136 Å². The van der Waals surface area contributed by atoms with Crippen LogP contribution >= 0.6 is 0 Å². The minimum Gasteiger partial charge on any atom is -0.329 e. The first-order chi connectivity index (χ1) is 11.2. The predicted octanol–water partition coefficient (Wildman–Crippen LogP) is 1.96. The number of fused-ring (bicyclic) bond motifs is 1. The highest BCUT2D eigenvalue weighted by atomic mass is 19.4. The summed E-state index contributed by atoms with van der Waals surface area (Å²) in [6.07, 6.45) is -3.93. The lowest BCUT2D eigenvalue weighted by atomic mass is 9.98. The molecule has 3 amide bonds. The highest BCUT2D eigenvalue weighted by Gasteiger charge is 2.29. The number of hydrogen-bond donors (Lipinski definition) is 2. The third-order valence-corrected chi connectivity index (χ3v) is 3.82. The zero-order chi connectivity index (χ0) is 17.9. The Balaban J connectivity index is 1.91. The van der Waals surface area contributed by atoms with E-state index in [1.165, 1.54) is 19.1 Å². The Morgan fingerprint density at radius 2 is 2.00 bits per heavy atom. The fraction of sp³-hybridized carbons (Fsp3) is 0.467. The van der Waals surface area contributed by atoms with E-state index >= 15 is 0 Å². The fourth-order valence-corrected chi connectivity index (χ4v) is 2.48. The minimum atomic E-state index is -4.55. The van der Waals surface area contributed by atoms with Crippen molar-refractivity contribution in [2.24, 2.45) is 0 Å². The number of urea groups is 1. The third-order valence-electron chi connectivity index (χ3n) is 3.82. The molecular formula is C15H17F4N3O2. The standard InChI is InChI=1S/C15H17F4N3O2/c1-9(13(23)21-14(24)20-8-15(17,18)19)22-5-4-10-2-3-12(16)6-11(10)7-22/h2-3,6,9H,4-5,7-8H2,1H3,(H2,20,21,23,24)/t9-/m0/s1. The summed E-state index contributed by atoms with van der Waals surface area (Å²) in [5, 5.41) is 3.45. The first kappa shape index (κ1) is 18.2. The Morgan fingerprint density at radius 3 is 2.67 bits per heavy atom. The Kier molecular flexibility index (Phi) is 5.43. The van der Waals surface area contributed by atoms with Crippen LogP contribution in [0.4, 0.5) is 22.4 Å². The molecule has 0 bridgehead atoms. The summed E-state index contributed by atoms with van der Waals surface area (Å²) in [7, 11) is 0. The van der Waals surface area contributed by atoms with Crippen molar-refractivity contribution < 1.29 is 27.2 Å². The van der Waals surface area contributed by atoms with Crippen LogP contribution in [0.1, 0.15) is 18.1 Å². The van der Waals surface area contributed by atoms with Crippen molar-refractivity contribution in [1.82, 2.24) is 15.5 Å². The molecule has 9 heteroatoms. The van der Waals surface area contributed by atoms with Crippen LogP contribution in [-0.2, 0) is 17.8 Å². The highest BCUT2D eigenvalue weighted by Crippen LogP contribution is 2.21. The number of nitrogens with zero attached hydrogens (tertiary/aromatic N) is 1. The molecule has 1 aromatic carbocycles. The summed E-state index contributed by atoms with van der Waals surface area (Å²) in [6.45, 7) is 0.872. The lowest BCUT2D eigenvalue weighted by molar-refractivity contribution is -0.127. The number of rotatable bonds is 3. The largest absolute Gasteiger partial charge is 0.405 e. The minimum absolute atomic E-state index is 0.325. The molecule has 1 heterocycles. The van der Waals surface area contributed by atoms with Crippen LogP contribution in [0, 0.1) is 5.82 Å². The molecule has 1 aliphatic rings. The Morgan fingerprint density at radius 1 is 1.29 bits per heavy atom. The van der Waals surface area contributed by atoms with Crippen LogP contribution in [-0.4, -0.2) is 42.1 Å². The maximum atomic E-state index is 13.3. The van der Waals surface area contributed by atoms with Gasteiger partial charge in [-0.15, -0.1) is 0 Å². The van der Waals surface area contributed by atoms with Gasteiger partial charge in [-0.05, 0) is 36.6 Å². The molecule has 2 N–H and O–H groups in total. The molecule has 5 nitrogen and oxygen atoms in total. The van der Waals surface area contributed by atoms with Crippen molar-refractivity contribution in [1.29, 1.82) is 0 Å². The maximum Gasteiger partial charge on any atom is 0.405 e. The summed E-state index contributed by atoms with van der Waals surface area (Å²) >= 11 is 0. The molecule has 132 valence electrons. The molecule has 0 saturated carbocycles. The van der Waals surface area contributed by atoms with E-state index in [1.54, 1.807) is 16.3 Å². The van der Waals surface area contributed by atoms with Gasteiger partial charge in [0.1, 0.15) is 12.4 Å². The van der Waals surface area contributed by atoms with E-state index in [2.05, 4.69) is 0 Å². The van der Waals surface area contributed by atoms with Crippen molar-refractivity contribution in [3.05, 3.63) is 35.1 Å². The summed E-state index contributed by atoms with van der Waals surface area (Å²) in [6, 6.07) is 2.51. The van der Waals surface area contributed by atoms with Gasteiger partial charge in [0, 0.05) is 13.1 Å². The van der Waals surface area contributed by atoms with Crippen LogP contribution in [0.3, 0.4) is 0 Å². The van der Waals surface area contributed by atoms with Gasteiger partial charge < -0.3 is 5.32 Å². The van der Waals surface area contributed by atoms with E-state index in [4.69, 9.17) is 0 Å². The number of hydrogen-bond acceptors (Lipinski definition) is 3. The van der Waals surface area contributed by atoms with Gasteiger partial charge in [0.2, 0.25) is 5.91 Å². The van der Waals surface area contributed by atoms with Crippen LogP contribution in [0.15, 0.2) is 18.2 Å². The zero-order valence-corrected chi connectivity index (χ0v) is 12.9. The molecule has 0 radical (unpaired) electrons. The van der Waals surface area contributed by atoms with Gasteiger partial charge in [-0.3, -0.25) is 15.0 Å². The molecule has 24 heavy (non-hydrogen) atoms. The molecule has 0 saturated heterocycles. The van der Waals surface area contributed by atoms with Crippen molar-refractivity contribution in [3.8, 4) is 0 Å². The number of imide groups is 1. The Bertz CT molecular complexity index is 634. The first-order valence-corrected chi connectivity index (χ1v) is 7.32. The highest BCUT2D eigenvalue weighted by molar-refractivity contribution is 5.96. The molecule has 0 spiro atoms. The topological polar surface area (TPSA) is 61.4 Å². The van der Waals surface area contributed by atoms with Gasteiger partial charge >= 0.3 is 12.2 Å². The molecule has 0 unspecified atom stereocenters. The molecule has 0 aliphatic carbocycles. The zero-order valence-electron chi connectivity index (χ0n) is 12.9. The summed E-state index contributed by atoms with van der Waals surface area (Å²) in [5.74, 6) is -1.09. The summed E-state index contributed by atoms with van der Waals surface area (Å²) in [4.78, 5) is 25.0. The number of alkyl halides is 3. The number of carbonyl (C=O) groups excluding carboxylic acids is 2. The summed E-state index contributed by atoms with van der Waals surface area (Å²) in [5.41, 5.74) is 1.74. The Hall–Kier alpha value is -2.16. The average Bonchev–Trinajstić information content (AvgIpc) is 2.50. The lowest BCUT2D eigenvalue weighted by Crippen LogP contribution is -2.51. The molecule has 1 aliphatic heterocycles. The molecule has 1 aromatic rings. The second kappa shape index (κ2) is 7.16. The van der Waals surface area contributed by atoms with E-state index in [0.29, 0.717) is 19.5 Å². The van der Waals surface area contributed by atoms with Gasteiger partial charge in [-0.25, -0.2) is 9.18 Å². The van der Waals surface area contributed by atoms with Crippen LogP contribution in [0.25, 0.3) is 0 Å². The maximum absolute atomic E-state index is 13.3. The number of benzene rings is 1. The van der Waals surface area contributed by atoms with Crippen molar-refractivity contribution in [3.63, 3.8) is 0 Å². The predicted molar refractivity (Wildman–Crippen MR) is 77.6 cm³/mol. The van der Waals surface area contributed by atoms with E-state index in [1.807, 2.05) is 5.32 Å². The van der Waals surface area contributed by atoms with Crippen LogP contribution in [0.5, 0.6) is 0 Å². The van der Waals surface area contributed by atoms with E-state index in [0.717, 1.165) is 11.1 Å². The van der Waals surface area contributed by atoms with Crippen LogP contribution < -0.4 is 10.6 Å². The van der Waals surface area contributed by atoms with Gasteiger partial charge in [-0.2, -0.15) is 13.2 Å². The number of nitrogens with one attached hydrogen (secondary N) is 2. The van der Waals surface area contributed by atoms with Crippen molar-refractivity contribution >= 4 is 11.9 Å². The molecule has 0 aromatic heterocycles. The average molecular weight is 347 g/mol. The monoisotopic (exact) mass is 347 g/mol. The van der Waals surface area contributed by atoms with Gasteiger partial charge in [0.25, 0.3) is 0 Å². The van der Waals surface area contributed by atoms with Crippen molar-refractivity contribution in [2.75, 3.05) is 13.1 Å². The smallest absolute Gasteiger partial charge is 0.329 e. The van der Waals surface area contributed by atoms with Crippen LogP contribution in [0.2, 0.25) is 0 Å². The summed E-state index contributed by atoms with van der Waals surface area (Å²) < 4.78 is 49.3. The van der Waals surface area contributed by atoms with E-state index < -0.39 is 30.7 Å². The molecule has 1 atom stereocenters. The second-order valence-corrected chi connectivity index (χ2v) is 5.60. The molecular weight excluding hydrogens is 330 g/mol. The van der Waals surface area contributed by atoms with E-state index in [9.17, 15) is 27.2 Å². The quantitative estimate of drug-likeness (QED) is 0.822. The first-order valence-electron chi connectivity index (χ1n) is 7.32. The number of carbonyl (C=O) groups is 2. The van der Waals surface area contributed by atoms with Gasteiger partial charge in [0.05, 0.1) is 6.04 Å². The number of amides is 3. The van der Waals surface area contributed by atoms with Crippen molar-refractivity contribution in [2.45, 2.75) is 32.1 Å².